The SMILES string of the molecule is CC(C)(C)OC(=O)N[C@@H]1CC[C@H](c2cc(N)n[nH]2)C1. The molecule has 1 aliphatic rings. The average Bonchev–Trinajstić information content (AvgIpc) is 2.83. The lowest BCUT2D eigenvalue weighted by atomic mass is 10.0. The summed E-state index contributed by atoms with van der Waals surface area (Å²) in [5.74, 6) is 0.892. The van der Waals surface area contributed by atoms with Crippen molar-refractivity contribution in [2.75, 3.05) is 5.73 Å². The molecule has 1 fully saturated rings. The van der Waals surface area contributed by atoms with E-state index in [1.165, 1.54) is 0 Å². The largest absolute Gasteiger partial charge is 0.444 e. The maximum atomic E-state index is 11.7. The van der Waals surface area contributed by atoms with Crippen LogP contribution in [0.15, 0.2) is 6.07 Å². The molecule has 1 aliphatic carbocycles. The van der Waals surface area contributed by atoms with Gasteiger partial charge in [-0.2, -0.15) is 5.10 Å². The molecule has 2 rings (SSSR count). The summed E-state index contributed by atoms with van der Waals surface area (Å²) >= 11 is 0. The zero-order valence-corrected chi connectivity index (χ0v) is 11.7. The predicted molar refractivity (Wildman–Crippen MR) is 72.7 cm³/mol. The number of aromatic amines is 1. The molecule has 106 valence electrons. The van der Waals surface area contributed by atoms with E-state index >= 15 is 0 Å². The summed E-state index contributed by atoms with van der Waals surface area (Å²) < 4.78 is 5.25. The molecule has 1 aromatic rings. The fourth-order valence-electron chi connectivity index (χ4n) is 2.43. The highest BCUT2D eigenvalue weighted by molar-refractivity contribution is 5.68. The topological polar surface area (TPSA) is 93.0 Å². The third kappa shape index (κ3) is 3.87. The van der Waals surface area contributed by atoms with E-state index in [4.69, 9.17) is 10.5 Å². The van der Waals surface area contributed by atoms with Crippen LogP contribution in [0.4, 0.5) is 10.6 Å². The Hall–Kier alpha value is -1.72. The molecule has 4 N–H and O–H groups in total. The number of anilines is 1. The zero-order valence-electron chi connectivity index (χ0n) is 11.7. The van der Waals surface area contributed by atoms with Gasteiger partial charge in [0.05, 0.1) is 0 Å². The molecule has 0 radical (unpaired) electrons. The normalized spacial score (nSPS) is 23.3. The molecule has 19 heavy (non-hydrogen) atoms. The van der Waals surface area contributed by atoms with Gasteiger partial charge in [-0.05, 0) is 40.0 Å². The predicted octanol–water partition coefficient (Wildman–Crippen LogP) is 2.15. The minimum atomic E-state index is -0.458. The molecular weight excluding hydrogens is 244 g/mol. The van der Waals surface area contributed by atoms with Crippen LogP contribution in [-0.4, -0.2) is 27.9 Å². The van der Waals surface area contributed by atoms with E-state index in [0.717, 1.165) is 25.0 Å². The second-order valence-corrected chi connectivity index (χ2v) is 6.10. The van der Waals surface area contributed by atoms with Gasteiger partial charge in [-0.3, -0.25) is 5.10 Å². The summed E-state index contributed by atoms with van der Waals surface area (Å²) in [6.45, 7) is 5.58. The first-order chi connectivity index (χ1) is 8.83. The molecule has 6 heteroatoms. The minimum absolute atomic E-state index is 0.157. The Morgan fingerprint density at radius 3 is 2.84 bits per heavy atom. The van der Waals surface area contributed by atoms with Gasteiger partial charge in [0.15, 0.2) is 0 Å². The molecule has 1 aromatic heterocycles. The van der Waals surface area contributed by atoms with Crippen molar-refractivity contribution in [2.24, 2.45) is 0 Å². The van der Waals surface area contributed by atoms with E-state index < -0.39 is 5.60 Å². The van der Waals surface area contributed by atoms with Crippen LogP contribution >= 0.6 is 0 Å². The van der Waals surface area contributed by atoms with Crippen LogP contribution in [0.2, 0.25) is 0 Å². The number of nitrogens with two attached hydrogens (primary N) is 1. The Balaban J connectivity index is 1.84. The number of nitrogen functional groups attached to an aromatic ring is 1. The van der Waals surface area contributed by atoms with Crippen molar-refractivity contribution in [3.63, 3.8) is 0 Å². The summed E-state index contributed by atoms with van der Waals surface area (Å²) in [5, 5.41) is 9.79. The van der Waals surface area contributed by atoms with Crippen molar-refractivity contribution in [2.45, 2.75) is 57.6 Å². The van der Waals surface area contributed by atoms with Crippen LogP contribution in [0.25, 0.3) is 0 Å². The standard InChI is InChI=1S/C13H22N4O2/c1-13(2,3)19-12(18)15-9-5-4-8(6-9)10-7-11(14)17-16-10/h7-9H,4-6H2,1-3H3,(H,15,18)(H3,14,16,17)/t8-,9+/m0/s1. The van der Waals surface area contributed by atoms with Gasteiger partial charge < -0.3 is 15.8 Å². The summed E-state index contributed by atoms with van der Waals surface area (Å²) in [6, 6.07) is 2.02. The highest BCUT2D eigenvalue weighted by Gasteiger charge is 2.29. The summed E-state index contributed by atoms with van der Waals surface area (Å²) in [7, 11) is 0. The Morgan fingerprint density at radius 2 is 2.26 bits per heavy atom. The first-order valence-electron chi connectivity index (χ1n) is 6.64. The fraction of sp³-hybridized carbons (Fsp3) is 0.692. The van der Waals surface area contributed by atoms with E-state index in [9.17, 15) is 4.79 Å². The first kappa shape index (κ1) is 13.7. The second kappa shape index (κ2) is 5.11. The van der Waals surface area contributed by atoms with Crippen LogP contribution in [0, 0.1) is 0 Å². The van der Waals surface area contributed by atoms with E-state index in [-0.39, 0.29) is 12.1 Å². The molecule has 0 aliphatic heterocycles. The number of alkyl carbamates (subject to hydrolysis) is 1. The van der Waals surface area contributed by atoms with Gasteiger partial charge in [0.25, 0.3) is 0 Å². The smallest absolute Gasteiger partial charge is 0.407 e. The fourth-order valence-corrected chi connectivity index (χ4v) is 2.43. The molecule has 0 bridgehead atoms. The number of hydrogen-bond acceptors (Lipinski definition) is 4. The lowest BCUT2D eigenvalue weighted by molar-refractivity contribution is 0.0505. The highest BCUT2D eigenvalue weighted by atomic mass is 16.6. The Morgan fingerprint density at radius 1 is 1.53 bits per heavy atom. The van der Waals surface area contributed by atoms with Gasteiger partial charge in [-0.25, -0.2) is 4.79 Å². The number of ether oxygens (including phenoxy) is 1. The zero-order chi connectivity index (χ0) is 14.0. The Kier molecular flexibility index (Phi) is 3.68. The molecule has 1 amide bonds. The number of rotatable bonds is 2. The molecule has 6 nitrogen and oxygen atoms in total. The first-order valence-corrected chi connectivity index (χ1v) is 6.64. The van der Waals surface area contributed by atoms with Gasteiger partial charge >= 0.3 is 6.09 Å². The van der Waals surface area contributed by atoms with Crippen LogP contribution in [-0.2, 0) is 4.74 Å². The number of H-pyrrole nitrogens is 1. The number of nitrogens with zero attached hydrogens (tertiary/aromatic N) is 1. The number of carbonyl (C=O) groups is 1. The highest BCUT2D eigenvalue weighted by Crippen LogP contribution is 2.34. The number of carbonyl (C=O) groups excluding carboxylic acids is 1. The molecule has 2 atom stereocenters. The summed E-state index contributed by atoms with van der Waals surface area (Å²) in [6.07, 6.45) is 2.51. The number of hydrogen-bond donors (Lipinski definition) is 3. The molecule has 1 saturated carbocycles. The maximum absolute atomic E-state index is 11.7. The monoisotopic (exact) mass is 266 g/mol. The Bertz CT molecular complexity index is 450. The maximum Gasteiger partial charge on any atom is 0.407 e. The second-order valence-electron chi connectivity index (χ2n) is 6.10. The lowest BCUT2D eigenvalue weighted by Crippen LogP contribution is -2.37. The van der Waals surface area contributed by atoms with Crippen molar-refractivity contribution in [1.29, 1.82) is 0 Å². The molecule has 0 aromatic carbocycles. The summed E-state index contributed by atoms with van der Waals surface area (Å²) in [5.41, 5.74) is 6.19. The van der Waals surface area contributed by atoms with Crippen molar-refractivity contribution in [1.82, 2.24) is 15.5 Å². The van der Waals surface area contributed by atoms with Crippen molar-refractivity contribution in [3.05, 3.63) is 11.8 Å². The molecule has 0 unspecified atom stereocenters. The van der Waals surface area contributed by atoms with Crippen molar-refractivity contribution < 1.29 is 9.53 Å². The van der Waals surface area contributed by atoms with E-state index in [0.29, 0.717) is 11.7 Å². The van der Waals surface area contributed by atoms with Crippen LogP contribution < -0.4 is 11.1 Å². The number of amides is 1. The van der Waals surface area contributed by atoms with Crippen LogP contribution in [0.1, 0.15) is 51.6 Å². The number of nitrogens with one attached hydrogen (secondary N) is 2. The van der Waals surface area contributed by atoms with Crippen LogP contribution in [0.5, 0.6) is 0 Å². The third-order valence-electron chi connectivity index (χ3n) is 3.21. The van der Waals surface area contributed by atoms with Gasteiger partial charge in [0, 0.05) is 23.7 Å². The minimum Gasteiger partial charge on any atom is -0.444 e. The Labute approximate surface area is 113 Å². The van der Waals surface area contributed by atoms with E-state index in [2.05, 4.69) is 15.5 Å². The number of aromatic nitrogens is 2. The van der Waals surface area contributed by atoms with Gasteiger partial charge in [0.1, 0.15) is 11.4 Å². The van der Waals surface area contributed by atoms with Gasteiger partial charge in [-0.15, -0.1) is 0 Å². The van der Waals surface area contributed by atoms with E-state index in [1.807, 2.05) is 26.8 Å². The quantitative estimate of drug-likeness (QED) is 0.764. The third-order valence-corrected chi connectivity index (χ3v) is 3.21. The van der Waals surface area contributed by atoms with Gasteiger partial charge in [-0.1, -0.05) is 0 Å². The summed E-state index contributed by atoms with van der Waals surface area (Å²) in [4.78, 5) is 11.7. The van der Waals surface area contributed by atoms with Gasteiger partial charge in [0.2, 0.25) is 0 Å². The molecule has 0 spiro atoms. The van der Waals surface area contributed by atoms with Crippen molar-refractivity contribution in [3.8, 4) is 0 Å². The van der Waals surface area contributed by atoms with E-state index in [1.54, 1.807) is 0 Å². The average molecular weight is 266 g/mol. The molecular formula is C13H22N4O2. The molecule has 1 heterocycles. The van der Waals surface area contributed by atoms with Crippen molar-refractivity contribution >= 4 is 11.9 Å². The lowest BCUT2D eigenvalue weighted by Gasteiger charge is -2.21. The molecule has 0 saturated heterocycles. The van der Waals surface area contributed by atoms with Crippen LogP contribution in [0.3, 0.4) is 0 Å².